The maximum absolute atomic E-state index is 12.3. The van der Waals surface area contributed by atoms with Crippen molar-refractivity contribution in [3.8, 4) is 0 Å². The number of anilines is 1. The van der Waals surface area contributed by atoms with Gasteiger partial charge in [0, 0.05) is 17.5 Å². The summed E-state index contributed by atoms with van der Waals surface area (Å²) in [6.45, 7) is 1.51. The first-order chi connectivity index (χ1) is 10.3. The summed E-state index contributed by atoms with van der Waals surface area (Å²) >= 11 is 7.02. The maximum Gasteiger partial charge on any atom is 0.243 e. The van der Waals surface area contributed by atoms with Gasteiger partial charge in [-0.25, -0.2) is 13.4 Å². The summed E-state index contributed by atoms with van der Waals surface area (Å²) < 4.78 is 25.6. The van der Waals surface area contributed by atoms with Crippen molar-refractivity contribution in [1.29, 1.82) is 0 Å². The van der Waals surface area contributed by atoms with Crippen LogP contribution in [0.4, 0.5) is 5.13 Å². The molecule has 0 aliphatic carbocycles. The first kappa shape index (κ1) is 16.9. The maximum atomic E-state index is 12.3. The summed E-state index contributed by atoms with van der Waals surface area (Å²) in [5, 5.41) is 5.25. The SMILES string of the molecule is Cc1csc(NC(=O)CN(C)S(=O)(=O)c2ccc(Cl)cc2)n1. The van der Waals surface area contributed by atoms with Crippen LogP contribution >= 0.6 is 22.9 Å². The molecule has 0 radical (unpaired) electrons. The molecule has 0 unspecified atom stereocenters. The highest BCUT2D eigenvalue weighted by molar-refractivity contribution is 7.89. The highest BCUT2D eigenvalue weighted by atomic mass is 35.5. The molecule has 6 nitrogen and oxygen atoms in total. The minimum Gasteiger partial charge on any atom is -0.301 e. The van der Waals surface area contributed by atoms with E-state index in [4.69, 9.17) is 11.6 Å². The molecule has 1 N–H and O–H groups in total. The molecular weight excluding hydrogens is 346 g/mol. The summed E-state index contributed by atoms with van der Waals surface area (Å²) in [6.07, 6.45) is 0. The fourth-order valence-electron chi connectivity index (χ4n) is 1.64. The number of halogens is 1. The minimum atomic E-state index is -3.74. The van der Waals surface area contributed by atoms with E-state index in [1.165, 1.54) is 42.6 Å². The fourth-order valence-corrected chi connectivity index (χ4v) is 3.60. The van der Waals surface area contributed by atoms with E-state index < -0.39 is 15.9 Å². The van der Waals surface area contributed by atoms with E-state index in [1.807, 2.05) is 6.92 Å². The van der Waals surface area contributed by atoms with Crippen LogP contribution < -0.4 is 5.32 Å². The number of likely N-dealkylation sites (N-methyl/N-ethyl adjacent to an activating group) is 1. The van der Waals surface area contributed by atoms with E-state index in [2.05, 4.69) is 10.3 Å². The van der Waals surface area contributed by atoms with Gasteiger partial charge < -0.3 is 5.32 Å². The van der Waals surface area contributed by atoms with Crippen molar-refractivity contribution in [1.82, 2.24) is 9.29 Å². The average Bonchev–Trinajstić information content (AvgIpc) is 2.84. The van der Waals surface area contributed by atoms with Gasteiger partial charge in [0.1, 0.15) is 0 Å². The number of hydrogen-bond donors (Lipinski definition) is 1. The normalized spacial score (nSPS) is 11.6. The lowest BCUT2D eigenvalue weighted by Gasteiger charge is -2.16. The number of carbonyl (C=O) groups excluding carboxylic acids is 1. The number of hydrogen-bond acceptors (Lipinski definition) is 5. The van der Waals surface area contributed by atoms with E-state index in [9.17, 15) is 13.2 Å². The van der Waals surface area contributed by atoms with Gasteiger partial charge in [0.25, 0.3) is 0 Å². The largest absolute Gasteiger partial charge is 0.301 e. The Balaban J connectivity index is 2.05. The van der Waals surface area contributed by atoms with Gasteiger partial charge in [-0.1, -0.05) is 11.6 Å². The van der Waals surface area contributed by atoms with Gasteiger partial charge in [0.05, 0.1) is 17.1 Å². The number of benzene rings is 1. The second-order valence-electron chi connectivity index (χ2n) is 4.56. The Bertz CT molecular complexity index is 772. The summed E-state index contributed by atoms with van der Waals surface area (Å²) in [5.41, 5.74) is 0.794. The van der Waals surface area contributed by atoms with Crippen molar-refractivity contribution < 1.29 is 13.2 Å². The van der Waals surface area contributed by atoms with Gasteiger partial charge in [-0.05, 0) is 31.2 Å². The molecule has 1 amide bonds. The zero-order chi connectivity index (χ0) is 16.3. The van der Waals surface area contributed by atoms with Crippen molar-refractivity contribution in [3.05, 3.63) is 40.4 Å². The van der Waals surface area contributed by atoms with Crippen molar-refractivity contribution in [2.24, 2.45) is 0 Å². The molecule has 2 aromatic rings. The predicted octanol–water partition coefficient (Wildman–Crippen LogP) is 2.36. The third kappa shape index (κ3) is 4.04. The third-order valence-corrected chi connectivity index (χ3v) is 5.70. The second kappa shape index (κ2) is 6.74. The molecule has 0 saturated heterocycles. The molecule has 1 aromatic heterocycles. The zero-order valence-corrected chi connectivity index (χ0v) is 14.3. The number of aryl methyl sites for hydroxylation is 1. The molecule has 0 spiro atoms. The standard InChI is InChI=1S/C13H14ClN3O3S2/c1-9-8-21-13(15-9)16-12(18)7-17(2)22(19,20)11-5-3-10(14)4-6-11/h3-6,8H,7H2,1-2H3,(H,15,16,18). The summed E-state index contributed by atoms with van der Waals surface area (Å²) in [6, 6.07) is 5.77. The lowest BCUT2D eigenvalue weighted by molar-refractivity contribution is -0.116. The number of aromatic nitrogens is 1. The van der Waals surface area contributed by atoms with Crippen LogP contribution in [0.15, 0.2) is 34.5 Å². The van der Waals surface area contributed by atoms with Crippen LogP contribution in [0.2, 0.25) is 5.02 Å². The first-order valence-corrected chi connectivity index (χ1v) is 8.92. The van der Waals surface area contributed by atoms with Crippen LogP contribution in [0.1, 0.15) is 5.69 Å². The number of rotatable bonds is 5. The fraction of sp³-hybridized carbons (Fsp3) is 0.231. The first-order valence-electron chi connectivity index (χ1n) is 6.23. The second-order valence-corrected chi connectivity index (χ2v) is 7.90. The highest BCUT2D eigenvalue weighted by Gasteiger charge is 2.23. The highest BCUT2D eigenvalue weighted by Crippen LogP contribution is 2.18. The monoisotopic (exact) mass is 359 g/mol. The van der Waals surface area contributed by atoms with E-state index in [0.717, 1.165) is 10.00 Å². The summed E-state index contributed by atoms with van der Waals surface area (Å²) in [4.78, 5) is 16.1. The molecule has 2 rings (SSSR count). The van der Waals surface area contributed by atoms with Gasteiger partial charge in [0.15, 0.2) is 5.13 Å². The topological polar surface area (TPSA) is 79.4 Å². The van der Waals surface area contributed by atoms with Crippen LogP contribution in [0, 0.1) is 6.92 Å². The lowest BCUT2D eigenvalue weighted by Crippen LogP contribution is -2.34. The number of amides is 1. The molecule has 1 heterocycles. The Morgan fingerprint density at radius 3 is 2.55 bits per heavy atom. The Hall–Kier alpha value is -1.48. The molecular formula is C13H14ClN3O3S2. The Morgan fingerprint density at radius 1 is 1.36 bits per heavy atom. The molecule has 0 fully saturated rings. The minimum absolute atomic E-state index is 0.0808. The summed E-state index contributed by atoms with van der Waals surface area (Å²) in [7, 11) is -2.40. The predicted molar refractivity (Wildman–Crippen MR) is 86.7 cm³/mol. The Labute approximate surface area is 137 Å². The van der Waals surface area contributed by atoms with Crippen molar-refractivity contribution in [3.63, 3.8) is 0 Å². The molecule has 0 aliphatic rings. The van der Waals surface area contributed by atoms with Crippen molar-refractivity contribution in [2.75, 3.05) is 18.9 Å². The number of thiazole rings is 1. The van der Waals surface area contributed by atoms with Crippen molar-refractivity contribution in [2.45, 2.75) is 11.8 Å². The number of sulfonamides is 1. The molecule has 1 aromatic carbocycles. The van der Waals surface area contributed by atoms with Crippen LogP contribution in [0.3, 0.4) is 0 Å². The Kier molecular flexibility index (Phi) is 5.17. The molecule has 0 aliphatic heterocycles. The number of nitrogens with one attached hydrogen (secondary N) is 1. The molecule has 0 bridgehead atoms. The molecule has 9 heteroatoms. The van der Waals surface area contributed by atoms with Crippen LogP contribution in [0.5, 0.6) is 0 Å². The van der Waals surface area contributed by atoms with Crippen LogP contribution in [-0.4, -0.2) is 37.2 Å². The molecule has 118 valence electrons. The van der Waals surface area contributed by atoms with Gasteiger partial charge >= 0.3 is 0 Å². The zero-order valence-electron chi connectivity index (χ0n) is 11.9. The Morgan fingerprint density at radius 2 is 2.00 bits per heavy atom. The molecule has 0 atom stereocenters. The van der Waals surface area contributed by atoms with Gasteiger partial charge in [-0.3, -0.25) is 4.79 Å². The van der Waals surface area contributed by atoms with Crippen LogP contribution in [-0.2, 0) is 14.8 Å². The number of nitrogens with zero attached hydrogens (tertiary/aromatic N) is 2. The van der Waals surface area contributed by atoms with E-state index in [0.29, 0.717) is 10.2 Å². The van der Waals surface area contributed by atoms with Crippen LogP contribution in [0.25, 0.3) is 0 Å². The van der Waals surface area contributed by atoms with E-state index >= 15 is 0 Å². The molecule has 22 heavy (non-hydrogen) atoms. The van der Waals surface area contributed by atoms with E-state index in [-0.39, 0.29) is 11.4 Å². The van der Waals surface area contributed by atoms with Gasteiger partial charge in [-0.2, -0.15) is 4.31 Å². The quantitative estimate of drug-likeness (QED) is 0.888. The third-order valence-electron chi connectivity index (χ3n) is 2.75. The summed E-state index contributed by atoms with van der Waals surface area (Å²) in [5.74, 6) is -0.450. The molecule has 0 saturated carbocycles. The number of carbonyl (C=O) groups is 1. The smallest absolute Gasteiger partial charge is 0.243 e. The van der Waals surface area contributed by atoms with Crippen molar-refractivity contribution >= 4 is 44.0 Å². The average molecular weight is 360 g/mol. The lowest BCUT2D eigenvalue weighted by atomic mass is 10.4. The van der Waals surface area contributed by atoms with Gasteiger partial charge in [-0.15, -0.1) is 11.3 Å². The van der Waals surface area contributed by atoms with Gasteiger partial charge in [0.2, 0.25) is 15.9 Å². The van der Waals surface area contributed by atoms with E-state index in [1.54, 1.807) is 5.38 Å².